The second kappa shape index (κ2) is 9.04. The van der Waals surface area contributed by atoms with Gasteiger partial charge in [0.15, 0.2) is 5.54 Å². The van der Waals surface area contributed by atoms with E-state index < -0.39 is 11.1 Å². The van der Waals surface area contributed by atoms with Gasteiger partial charge in [0.2, 0.25) is 0 Å². The van der Waals surface area contributed by atoms with Gasteiger partial charge in [-0.1, -0.05) is 60.7 Å². The number of nitrogens with zero attached hydrogens (tertiary/aromatic N) is 1. The van der Waals surface area contributed by atoms with Crippen molar-refractivity contribution in [1.29, 1.82) is 0 Å². The minimum absolute atomic E-state index is 0.294. The third-order valence-electron chi connectivity index (χ3n) is 3.63. The van der Waals surface area contributed by atoms with Crippen LogP contribution in [0.25, 0.3) is 0 Å². The van der Waals surface area contributed by atoms with Gasteiger partial charge in [-0.25, -0.2) is 4.79 Å². The number of hydrogen-bond acceptors (Lipinski definition) is 4. The first-order valence-electron chi connectivity index (χ1n) is 8.74. The summed E-state index contributed by atoms with van der Waals surface area (Å²) in [5, 5.41) is 0. The summed E-state index contributed by atoms with van der Waals surface area (Å²) in [6.45, 7) is 7.48. The smallest absolute Gasteiger partial charge is 0.335 e. The minimum Gasteiger partial charge on any atom is -0.458 e. The molecule has 0 fully saturated rings. The zero-order valence-electron chi connectivity index (χ0n) is 15.9. The molecule has 2 rings (SSSR count). The van der Waals surface area contributed by atoms with E-state index in [9.17, 15) is 4.79 Å². The predicted molar refractivity (Wildman–Crippen MR) is 111 cm³/mol. The Balaban J connectivity index is 2.11. The number of rotatable bonds is 7. The molecular weight excluding hydrogens is 342 g/mol. The molecule has 0 N–H and O–H groups in total. The Kier molecular flexibility index (Phi) is 7.04. The Bertz CT molecular complexity index is 723. The summed E-state index contributed by atoms with van der Waals surface area (Å²) in [5.74, 6) is 1.10. The van der Waals surface area contributed by atoms with Crippen LogP contribution in [0, 0.1) is 0 Å². The average molecular weight is 370 g/mol. The molecule has 26 heavy (non-hydrogen) atoms. The number of carbonyl (C=O) groups is 1. The lowest BCUT2D eigenvalue weighted by atomic mass is 10.1. The lowest BCUT2D eigenvalue weighted by Gasteiger charge is -2.28. The quantitative estimate of drug-likeness (QED) is 0.501. The van der Waals surface area contributed by atoms with E-state index >= 15 is 0 Å². The highest BCUT2D eigenvalue weighted by Gasteiger charge is 2.36. The largest absolute Gasteiger partial charge is 0.458 e. The highest BCUT2D eigenvalue weighted by Crippen LogP contribution is 2.25. The fraction of sp³-hybridized carbons (Fsp3) is 0.364. The molecule has 0 radical (unpaired) electrons. The molecule has 0 saturated carbocycles. The van der Waals surface area contributed by atoms with Crippen molar-refractivity contribution >= 4 is 23.9 Å². The summed E-state index contributed by atoms with van der Waals surface area (Å²) in [6.07, 6.45) is 1.76. The number of esters is 1. The van der Waals surface area contributed by atoms with Crippen molar-refractivity contribution in [2.45, 2.75) is 44.6 Å². The molecule has 0 saturated heterocycles. The summed E-state index contributed by atoms with van der Waals surface area (Å²) in [5.41, 5.74) is 0.735. The number of carbonyl (C=O) groups excluding carboxylic acids is 1. The summed E-state index contributed by atoms with van der Waals surface area (Å²) >= 11 is 1.69. The number of aliphatic imine (C=N–C) groups is 1. The van der Waals surface area contributed by atoms with Gasteiger partial charge >= 0.3 is 5.97 Å². The van der Waals surface area contributed by atoms with Crippen molar-refractivity contribution in [2.24, 2.45) is 4.99 Å². The molecule has 4 heteroatoms. The molecule has 0 aromatic heterocycles. The van der Waals surface area contributed by atoms with Crippen molar-refractivity contribution in [1.82, 2.24) is 0 Å². The van der Waals surface area contributed by atoms with Crippen LogP contribution in [-0.4, -0.2) is 29.1 Å². The van der Waals surface area contributed by atoms with E-state index in [1.807, 2.05) is 76.2 Å². The highest BCUT2D eigenvalue weighted by atomic mass is 32.2. The standard InChI is InChI=1S/C22H27NO2S/c1-21(2,3)25-20(24)22(4,23-15-18-11-7-5-8-12-18)17-26-16-19-13-9-6-10-14-19/h5-15H,16-17H2,1-4H3. The molecule has 0 heterocycles. The van der Waals surface area contributed by atoms with Gasteiger partial charge in [-0.05, 0) is 38.8 Å². The maximum absolute atomic E-state index is 12.8. The number of ether oxygens (including phenoxy) is 1. The first-order chi connectivity index (χ1) is 12.3. The summed E-state index contributed by atoms with van der Waals surface area (Å²) in [7, 11) is 0. The number of thioether (sulfide) groups is 1. The summed E-state index contributed by atoms with van der Waals surface area (Å²) in [6, 6.07) is 20.0. The van der Waals surface area contributed by atoms with Crippen LogP contribution in [0.2, 0.25) is 0 Å². The topological polar surface area (TPSA) is 38.7 Å². The normalized spacial score (nSPS) is 14.2. The van der Waals surface area contributed by atoms with E-state index in [1.165, 1.54) is 5.56 Å². The van der Waals surface area contributed by atoms with E-state index in [1.54, 1.807) is 18.0 Å². The van der Waals surface area contributed by atoms with E-state index in [0.29, 0.717) is 5.75 Å². The molecule has 0 aliphatic rings. The van der Waals surface area contributed by atoms with Crippen molar-refractivity contribution < 1.29 is 9.53 Å². The van der Waals surface area contributed by atoms with Crippen molar-refractivity contribution in [2.75, 3.05) is 5.75 Å². The molecule has 0 spiro atoms. The van der Waals surface area contributed by atoms with Gasteiger partial charge in [-0.3, -0.25) is 4.99 Å². The lowest BCUT2D eigenvalue weighted by Crippen LogP contribution is -2.42. The van der Waals surface area contributed by atoms with E-state index in [2.05, 4.69) is 17.1 Å². The van der Waals surface area contributed by atoms with Crippen LogP contribution in [0.1, 0.15) is 38.8 Å². The molecule has 3 nitrogen and oxygen atoms in total. The monoisotopic (exact) mass is 369 g/mol. The van der Waals surface area contributed by atoms with Gasteiger partial charge < -0.3 is 4.74 Å². The number of hydrogen-bond donors (Lipinski definition) is 0. The summed E-state index contributed by atoms with van der Waals surface area (Å²) in [4.78, 5) is 17.4. The van der Waals surface area contributed by atoms with Crippen LogP contribution in [0.3, 0.4) is 0 Å². The molecular formula is C22H27NO2S. The van der Waals surface area contributed by atoms with Crippen LogP contribution in [-0.2, 0) is 15.3 Å². The first-order valence-corrected chi connectivity index (χ1v) is 9.89. The van der Waals surface area contributed by atoms with E-state index in [-0.39, 0.29) is 5.97 Å². The molecule has 1 atom stereocenters. The fourth-order valence-corrected chi connectivity index (χ4v) is 3.35. The highest BCUT2D eigenvalue weighted by molar-refractivity contribution is 7.98. The van der Waals surface area contributed by atoms with Crippen molar-refractivity contribution in [3.63, 3.8) is 0 Å². The van der Waals surface area contributed by atoms with Gasteiger partial charge in [0.1, 0.15) is 5.60 Å². The van der Waals surface area contributed by atoms with Crippen LogP contribution < -0.4 is 0 Å². The molecule has 0 amide bonds. The average Bonchev–Trinajstić information content (AvgIpc) is 2.60. The molecule has 2 aromatic carbocycles. The van der Waals surface area contributed by atoms with Crippen molar-refractivity contribution in [3.05, 3.63) is 71.8 Å². The van der Waals surface area contributed by atoms with Gasteiger partial charge in [-0.15, -0.1) is 0 Å². The second-order valence-electron chi connectivity index (χ2n) is 7.42. The third-order valence-corrected chi connectivity index (χ3v) is 4.94. The minimum atomic E-state index is -0.928. The molecule has 1 unspecified atom stereocenters. The Morgan fingerprint density at radius 1 is 1.00 bits per heavy atom. The van der Waals surface area contributed by atoms with E-state index in [4.69, 9.17) is 4.74 Å². The van der Waals surface area contributed by atoms with Gasteiger partial charge in [0.05, 0.1) is 0 Å². The third kappa shape index (κ3) is 6.68. The van der Waals surface area contributed by atoms with Crippen LogP contribution in [0.15, 0.2) is 65.7 Å². The Morgan fingerprint density at radius 2 is 1.58 bits per heavy atom. The molecule has 2 aromatic rings. The first kappa shape index (κ1) is 20.2. The summed E-state index contributed by atoms with van der Waals surface area (Å²) < 4.78 is 5.63. The predicted octanol–water partition coefficient (Wildman–Crippen LogP) is 5.14. The second-order valence-corrected chi connectivity index (χ2v) is 8.41. The van der Waals surface area contributed by atoms with Gasteiger partial charge in [-0.2, -0.15) is 11.8 Å². The van der Waals surface area contributed by atoms with Crippen molar-refractivity contribution in [3.8, 4) is 0 Å². The van der Waals surface area contributed by atoms with Crippen LogP contribution >= 0.6 is 11.8 Å². The van der Waals surface area contributed by atoms with Gasteiger partial charge in [0, 0.05) is 17.7 Å². The van der Waals surface area contributed by atoms with E-state index in [0.717, 1.165) is 11.3 Å². The lowest BCUT2D eigenvalue weighted by molar-refractivity contribution is -0.159. The molecule has 138 valence electrons. The Labute approximate surface area is 160 Å². The fourth-order valence-electron chi connectivity index (χ4n) is 2.23. The van der Waals surface area contributed by atoms with Crippen LogP contribution in [0.4, 0.5) is 0 Å². The van der Waals surface area contributed by atoms with Gasteiger partial charge in [0.25, 0.3) is 0 Å². The Hall–Kier alpha value is -2.07. The molecule has 0 aliphatic carbocycles. The zero-order chi connectivity index (χ0) is 19.0. The molecule has 0 aliphatic heterocycles. The van der Waals surface area contributed by atoms with Crippen LogP contribution in [0.5, 0.6) is 0 Å². The maximum Gasteiger partial charge on any atom is 0.335 e. The Morgan fingerprint density at radius 3 is 2.15 bits per heavy atom. The maximum atomic E-state index is 12.8. The number of benzene rings is 2. The SMILES string of the molecule is CC(C)(C)OC(=O)C(C)(CSCc1ccccc1)N=Cc1ccccc1. The zero-order valence-corrected chi connectivity index (χ0v) is 16.8. The molecule has 0 bridgehead atoms.